The molecule has 2 rings (SSSR count). The smallest absolute Gasteiger partial charge is 0.248 e. The summed E-state index contributed by atoms with van der Waals surface area (Å²) in [5.41, 5.74) is 5.94. The van der Waals surface area contributed by atoms with E-state index in [1.165, 1.54) is 6.07 Å². The van der Waals surface area contributed by atoms with Crippen LogP contribution < -0.4 is 11.1 Å². The first-order valence-electron chi connectivity index (χ1n) is 5.85. The van der Waals surface area contributed by atoms with Gasteiger partial charge in [-0.1, -0.05) is 0 Å². The van der Waals surface area contributed by atoms with Crippen LogP contribution in [0.4, 0.5) is 10.1 Å². The van der Waals surface area contributed by atoms with E-state index in [0.717, 1.165) is 6.07 Å². The van der Waals surface area contributed by atoms with Crippen molar-refractivity contribution in [2.45, 2.75) is 19.4 Å². The van der Waals surface area contributed by atoms with Crippen molar-refractivity contribution in [2.75, 3.05) is 16.8 Å². The second-order valence-corrected chi connectivity index (χ2v) is 6.97. The highest BCUT2D eigenvalue weighted by Crippen LogP contribution is 2.24. The van der Waals surface area contributed by atoms with Crippen LogP contribution in [0.2, 0.25) is 0 Å². The van der Waals surface area contributed by atoms with Gasteiger partial charge < -0.3 is 11.1 Å². The minimum atomic E-state index is -3.01. The second kappa shape index (κ2) is 4.80. The van der Waals surface area contributed by atoms with E-state index in [0.29, 0.717) is 17.7 Å². The molecule has 0 aliphatic carbocycles. The number of sulfone groups is 1. The highest BCUT2D eigenvalue weighted by atomic mass is 32.2. The molecular formula is C12H15FN2O3S. The minimum absolute atomic E-state index is 0.0227. The fourth-order valence-corrected chi connectivity index (χ4v) is 3.77. The lowest BCUT2D eigenvalue weighted by Gasteiger charge is -2.16. The van der Waals surface area contributed by atoms with Crippen molar-refractivity contribution in [1.29, 1.82) is 0 Å². The van der Waals surface area contributed by atoms with E-state index in [-0.39, 0.29) is 23.1 Å². The number of nitrogens with two attached hydrogens (primary N) is 1. The number of hydrogen-bond acceptors (Lipinski definition) is 4. The molecule has 19 heavy (non-hydrogen) atoms. The highest BCUT2D eigenvalue weighted by molar-refractivity contribution is 7.91. The summed E-state index contributed by atoms with van der Waals surface area (Å²) in [6.07, 6.45) is 0.476. The van der Waals surface area contributed by atoms with Crippen LogP contribution in [0, 0.1) is 12.7 Å². The maximum Gasteiger partial charge on any atom is 0.248 e. The first-order chi connectivity index (χ1) is 8.78. The van der Waals surface area contributed by atoms with Crippen molar-refractivity contribution in [1.82, 2.24) is 0 Å². The SMILES string of the molecule is Cc1c(F)cc(C(N)=O)cc1NC1CCS(=O)(=O)C1. The zero-order chi connectivity index (χ0) is 14.2. The Morgan fingerprint density at radius 3 is 2.68 bits per heavy atom. The van der Waals surface area contributed by atoms with Gasteiger partial charge >= 0.3 is 0 Å². The normalized spacial score (nSPS) is 21.3. The summed E-state index contributed by atoms with van der Waals surface area (Å²) in [6, 6.07) is 2.27. The summed E-state index contributed by atoms with van der Waals surface area (Å²) in [6.45, 7) is 1.56. The average molecular weight is 286 g/mol. The zero-order valence-corrected chi connectivity index (χ0v) is 11.3. The Kier molecular flexibility index (Phi) is 3.49. The Hall–Kier alpha value is -1.63. The topological polar surface area (TPSA) is 89.3 Å². The van der Waals surface area contributed by atoms with Crippen LogP contribution in [-0.4, -0.2) is 31.9 Å². The molecule has 0 bridgehead atoms. The monoisotopic (exact) mass is 286 g/mol. The number of rotatable bonds is 3. The summed E-state index contributed by atoms with van der Waals surface area (Å²) < 4.78 is 36.4. The van der Waals surface area contributed by atoms with Crippen LogP contribution in [0.5, 0.6) is 0 Å². The standard InChI is InChI=1S/C12H15FN2O3S/c1-7-10(13)4-8(12(14)16)5-11(7)15-9-2-3-19(17,18)6-9/h4-5,9,15H,2-3,6H2,1H3,(H2,14,16). The van der Waals surface area contributed by atoms with Gasteiger partial charge in [-0.3, -0.25) is 4.79 Å². The molecule has 0 saturated carbocycles. The maximum absolute atomic E-state index is 13.7. The van der Waals surface area contributed by atoms with E-state index in [1.54, 1.807) is 6.92 Å². The number of benzene rings is 1. The van der Waals surface area contributed by atoms with Gasteiger partial charge in [0.2, 0.25) is 5.91 Å². The molecule has 7 heteroatoms. The summed E-state index contributed by atoms with van der Waals surface area (Å²) in [7, 11) is -3.01. The molecule has 3 N–H and O–H groups in total. The fourth-order valence-electron chi connectivity index (χ4n) is 2.10. The minimum Gasteiger partial charge on any atom is -0.381 e. The zero-order valence-electron chi connectivity index (χ0n) is 10.4. The van der Waals surface area contributed by atoms with E-state index in [2.05, 4.69) is 5.32 Å². The lowest BCUT2D eigenvalue weighted by molar-refractivity contribution is 0.1000. The number of anilines is 1. The van der Waals surface area contributed by atoms with Gasteiger partial charge in [-0.25, -0.2) is 12.8 Å². The largest absolute Gasteiger partial charge is 0.381 e. The molecule has 1 atom stereocenters. The predicted molar refractivity (Wildman–Crippen MR) is 70.3 cm³/mol. The van der Waals surface area contributed by atoms with E-state index >= 15 is 0 Å². The Labute approximate surface area is 110 Å². The fraction of sp³-hybridized carbons (Fsp3) is 0.417. The third-order valence-corrected chi connectivity index (χ3v) is 4.99. The molecule has 1 saturated heterocycles. The Morgan fingerprint density at radius 2 is 2.16 bits per heavy atom. The van der Waals surface area contributed by atoms with Crippen molar-refractivity contribution >= 4 is 21.4 Å². The number of amides is 1. The molecule has 1 unspecified atom stereocenters. The van der Waals surface area contributed by atoms with Crippen LogP contribution >= 0.6 is 0 Å². The molecule has 1 aromatic rings. The van der Waals surface area contributed by atoms with Gasteiger partial charge in [0.25, 0.3) is 0 Å². The van der Waals surface area contributed by atoms with E-state index < -0.39 is 21.6 Å². The van der Waals surface area contributed by atoms with Crippen LogP contribution in [0.15, 0.2) is 12.1 Å². The van der Waals surface area contributed by atoms with Gasteiger partial charge in [0, 0.05) is 22.9 Å². The van der Waals surface area contributed by atoms with Crippen molar-refractivity contribution in [2.24, 2.45) is 5.73 Å². The van der Waals surface area contributed by atoms with Crippen LogP contribution in [0.25, 0.3) is 0 Å². The van der Waals surface area contributed by atoms with Crippen LogP contribution in [-0.2, 0) is 9.84 Å². The summed E-state index contributed by atoms with van der Waals surface area (Å²) in [5.74, 6) is -1.11. The molecule has 5 nitrogen and oxygen atoms in total. The van der Waals surface area contributed by atoms with Crippen molar-refractivity contribution < 1.29 is 17.6 Å². The lowest BCUT2D eigenvalue weighted by atomic mass is 10.1. The molecule has 0 spiro atoms. The van der Waals surface area contributed by atoms with Gasteiger partial charge in [0.05, 0.1) is 11.5 Å². The van der Waals surface area contributed by atoms with Gasteiger partial charge in [-0.2, -0.15) is 0 Å². The molecule has 1 aromatic carbocycles. The third-order valence-electron chi connectivity index (χ3n) is 3.22. The summed E-state index contributed by atoms with van der Waals surface area (Å²) in [5, 5.41) is 2.97. The molecule has 1 amide bonds. The third kappa shape index (κ3) is 3.04. The van der Waals surface area contributed by atoms with Gasteiger partial charge in [-0.15, -0.1) is 0 Å². The quantitative estimate of drug-likeness (QED) is 0.861. The second-order valence-electron chi connectivity index (χ2n) is 4.74. The van der Waals surface area contributed by atoms with Crippen molar-refractivity contribution in [3.8, 4) is 0 Å². The van der Waals surface area contributed by atoms with Gasteiger partial charge in [0.1, 0.15) is 5.82 Å². The predicted octanol–water partition coefficient (Wildman–Crippen LogP) is 0.832. The van der Waals surface area contributed by atoms with Crippen molar-refractivity contribution in [3.05, 3.63) is 29.1 Å². The molecule has 1 heterocycles. The molecule has 0 aromatic heterocycles. The number of primary amides is 1. The molecule has 0 radical (unpaired) electrons. The summed E-state index contributed by atoms with van der Waals surface area (Å²) >= 11 is 0. The molecule has 104 valence electrons. The van der Waals surface area contributed by atoms with E-state index in [9.17, 15) is 17.6 Å². The number of carbonyl (C=O) groups is 1. The van der Waals surface area contributed by atoms with E-state index in [1.807, 2.05) is 0 Å². The van der Waals surface area contributed by atoms with E-state index in [4.69, 9.17) is 5.73 Å². The molecule has 1 aliphatic rings. The first-order valence-corrected chi connectivity index (χ1v) is 7.67. The number of hydrogen-bond donors (Lipinski definition) is 2. The Morgan fingerprint density at radius 1 is 1.47 bits per heavy atom. The molecular weight excluding hydrogens is 271 g/mol. The number of nitrogens with one attached hydrogen (secondary N) is 1. The number of carbonyl (C=O) groups excluding carboxylic acids is 1. The summed E-state index contributed by atoms with van der Waals surface area (Å²) in [4.78, 5) is 11.1. The van der Waals surface area contributed by atoms with Gasteiger partial charge in [0.15, 0.2) is 9.84 Å². The maximum atomic E-state index is 13.7. The molecule has 1 aliphatic heterocycles. The van der Waals surface area contributed by atoms with Crippen molar-refractivity contribution in [3.63, 3.8) is 0 Å². The Balaban J connectivity index is 2.27. The Bertz CT molecular complexity index is 628. The number of halogens is 1. The first kappa shape index (κ1) is 13.8. The average Bonchev–Trinajstić information content (AvgIpc) is 2.64. The van der Waals surface area contributed by atoms with Gasteiger partial charge in [-0.05, 0) is 25.5 Å². The lowest BCUT2D eigenvalue weighted by Crippen LogP contribution is -2.22. The van der Waals surface area contributed by atoms with Crippen LogP contribution in [0.3, 0.4) is 0 Å². The highest BCUT2D eigenvalue weighted by Gasteiger charge is 2.28. The van der Waals surface area contributed by atoms with Crippen LogP contribution in [0.1, 0.15) is 22.3 Å². The molecule has 1 fully saturated rings.